The Morgan fingerprint density at radius 3 is 1.93 bits per heavy atom. The van der Waals surface area contributed by atoms with Crippen LogP contribution in [0.3, 0.4) is 0 Å². The fraction of sp³-hybridized carbons (Fsp3) is 0.143. The van der Waals surface area contributed by atoms with E-state index in [9.17, 15) is 0 Å². The summed E-state index contributed by atoms with van der Waals surface area (Å²) in [5, 5.41) is 9.00. The molecule has 5 nitrogen and oxygen atoms in total. The molecule has 0 aliphatic heterocycles. The first-order valence-corrected chi connectivity index (χ1v) is 5.79. The second-order valence-electron chi connectivity index (χ2n) is 2.47. The fourth-order valence-corrected chi connectivity index (χ4v) is 1.11. The van der Waals surface area contributed by atoms with Gasteiger partial charge in [0, 0.05) is 0 Å². The zero-order valence-electron chi connectivity index (χ0n) is 7.25. The molecular formula is C7H12BrCaO5P. The van der Waals surface area contributed by atoms with Crippen LogP contribution in [0.4, 0.5) is 0 Å². The van der Waals surface area contributed by atoms with Crippen LogP contribution in [0.2, 0.25) is 0 Å². The van der Waals surface area contributed by atoms with Crippen molar-refractivity contribution in [3.63, 3.8) is 0 Å². The molecule has 0 radical (unpaired) electrons. The van der Waals surface area contributed by atoms with Gasteiger partial charge in [-0.05, 0) is 40.5 Å². The molecule has 1 rings (SSSR count). The number of halogens is 1. The number of hydrogen-bond donors (Lipinski definition) is 4. The maximum atomic E-state index is 9.00. The van der Waals surface area contributed by atoms with Crippen molar-refractivity contribution in [2.75, 3.05) is 0 Å². The minimum atomic E-state index is -4.64. The Morgan fingerprint density at radius 2 is 1.67 bits per heavy atom. The Hall–Kier alpha value is 0.870. The summed E-state index contributed by atoms with van der Waals surface area (Å²) in [6.45, 7) is 1.98. The predicted octanol–water partition coefficient (Wildman–Crippen LogP) is 0.618. The summed E-state index contributed by atoms with van der Waals surface area (Å²) in [6.07, 6.45) is 0. The molecular weight excluding hydrogens is 315 g/mol. The average molecular weight is 327 g/mol. The molecule has 1 aromatic rings. The third-order valence-corrected chi connectivity index (χ3v) is 1.74. The zero-order chi connectivity index (χ0) is 11.4. The van der Waals surface area contributed by atoms with Crippen LogP contribution in [-0.4, -0.2) is 57.5 Å². The zero-order valence-corrected chi connectivity index (χ0v) is 9.73. The van der Waals surface area contributed by atoms with Gasteiger partial charge in [0.2, 0.25) is 0 Å². The molecule has 1 aromatic carbocycles. The number of hydrogen-bond acceptors (Lipinski definition) is 2. The second kappa shape index (κ2) is 8.03. The van der Waals surface area contributed by atoms with E-state index in [0.717, 1.165) is 10.0 Å². The molecule has 0 aliphatic rings. The molecule has 0 fully saturated rings. The molecule has 0 heterocycles. The van der Waals surface area contributed by atoms with Crippen LogP contribution in [0.25, 0.3) is 0 Å². The molecule has 0 bridgehead atoms. The summed E-state index contributed by atoms with van der Waals surface area (Å²) < 4.78 is 9.63. The van der Waals surface area contributed by atoms with Crippen LogP contribution < -0.4 is 0 Å². The van der Waals surface area contributed by atoms with Gasteiger partial charge < -0.3 is 19.8 Å². The van der Waals surface area contributed by atoms with Crippen LogP contribution in [-0.2, 0) is 4.57 Å². The van der Waals surface area contributed by atoms with Crippen LogP contribution >= 0.6 is 23.8 Å². The Balaban J connectivity index is 0. The van der Waals surface area contributed by atoms with E-state index in [-0.39, 0.29) is 37.7 Å². The fourth-order valence-electron chi connectivity index (χ4n) is 0.612. The van der Waals surface area contributed by atoms with E-state index in [1.54, 1.807) is 6.07 Å². The number of phosphoric acid groups is 1. The van der Waals surface area contributed by atoms with E-state index in [1.165, 1.54) is 0 Å². The van der Waals surface area contributed by atoms with Crippen LogP contribution in [0.5, 0.6) is 5.75 Å². The average Bonchev–Trinajstić information content (AvgIpc) is 1.94. The Bertz CT molecular complexity index is 345. The van der Waals surface area contributed by atoms with E-state index >= 15 is 0 Å². The molecule has 0 atom stereocenters. The van der Waals surface area contributed by atoms with Gasteiger partial charge >= 0.3 is 45.6 Å². The van der Waals surface area contributed by atoms with Gasteiger partial charge in [0.15, 0.2) is 0 Å². The SMILES string of the molecule is Cc1ccc(O)c(Br)c1.O=P(O)(O)O.[CaH2]. The van der Waals surface area contributed by atoms with Crippen molar-refractivity contribution in [1.82, 2.24) is 0 Å². The first kappa shape index (κ1) is 18.2. The van der Waals surface area contributed by atoms with Gasteiger partial charge in [-0.25, -0.2) is 4.57 Å². The van der Waals surface area contributed by atoms with Gasteiger partial charge in [0.05, 0.1) is 4.47 Å². The minimum absolute atomic E-state index is 0. The Morgan fingerprint density at radius 1 is 1.27 bits per heavy atom. The summed E-state index contributed by atoms with van der Waals surface area (Å²) in [6, 6.07) is 5.40. The number of phenols is 1. The molecule has 0 saturated heterocycles. The van der Waals surface area contributed by atoms with Gasteiger partial charge in [-0.15, -0.1) is 0 Å². The molecule has 0 amide bonds. The van der Waals surface area contributed by atoms with Gasteiger partial charge in [0.25, 0.3) is 0 Å². The number of phenolic OH excluding ortho intramolecular Hbond substituents is 1. The van der Waals surface area contributed by atoms with Gasteiger partial charge in [0.1, 0.15) is 5.75 Å². The molecule has 0 spiro atoms. The third-order valence-electron chi connectivity index (χ3n) is 1.10. The van der Waals surface area contributed by atoms with E-state index in [2.05, 4.69) is 15.9 Å². The van der Waals surface area contributed by atoms with Crippen molar-refractivity contribution in [2.45, 2.75) is 6.92 Å². The van der Waals surface area contributed by atoms with Crippen molar-refractivity contribution < 1.29 is 24.4 Å². The Kier molecular flexibility index (Phi) is 9.77. The summed E-state index contributed by atoms with van der Waals surface area (Å²) in [5.74, 6) is 0.292. The van der Waals surface area contributed by atoms with E-state index in [0.29, 0.717) is 5.75 Å². The first-order valence-electron chi connectivity index (χ1n) is 3.43. The molecule has 0 saturated carbocycles. The third kappa shape index (κ3) is 12.8. The maximum absolute atomic E-state index is 9.00. The van der Waals surface area contributed by atoms with Crippen molar-refractivity contribution in [1.29, 1.82) is 0 Å². The van der Waals surface area contributed by atoms with Crippen LogP contribution in [0, 0.1) is 6.92 Å². The topological polar surface area (TPSA) is 98.0 Å². The van der Waals surface area contributed by atoms with Crippen molar-refractivity contribution >= 4 is 61.5 Å². The number of benzene rings is 1. The molecule has 4 N–H and O–H groups in total. The summed E-state index contributed by atoms with van der Waals surface area (Å²) in [4.78, 5) is 21.6. The van der Waals surface area contributed by atoms with E-state index in [1.807, 2.05) is 19.1 Å². The molecule has 0 aliphatic carbocycles. The summed E-state index contributed by atoms with van der Waals surface area (Å²) in [5.41, 5.74) is 1.14. The molecule has 8 heteroatoms. The molecule has 0 aromatic heterocycles. The predicted molar refractivity (Wildman–Crippen MR) is 63.4 cm³/mol. The summed E-state index contributed by atoms with van der Waals surface area (Å²) >= 11 is 3.20. The summed E-state index contributed by atoms with van der Waals surface area (Å²) in [7, 11) is -4.64. The number of aromatic hydroxyl groups is 1. The molecule has 15 heavy (non-hydrogen) atoms. The normalized spacial score (nSPS) is 9.67. The van der Waals surface area contributed by atoms with Gasteiger partial charge in [-0.2, -0.15) is 0 Å². The molecule has 84 valence electrons. The van der Waals surface area contributed by atoms with Crippen LogP contribution in [0.15, 0.2) is 22.7 Å². The standard InChI is InChI=1S/C7H7BrO.Ca.H3O4P.2H/c1-5-2-3-7(9)6(8)4-5;;1-5(2,3)4;;/h2-4,9H,1H3;;(H3,1,2,3,4);;. The van der Waals surface area contributed by atoms with Gasteiger partial charge in [-0.1, -0.05) is 6.07 Å². The first-order chi connectivity index (χ1) is 6.20. The quantitative estimate of drug-likeness (QED) is 0.414. The number of rotatable bonds is 0. The van der Waals surface area contributed by atoms with Crippen molar-refractivity contribution in [3.8, 4) is 5.75 Å². The van der Waals surface area contributed by atoms with E-state index < -0.39 is 7.82 Å². The van der Waals surface area contributed by atoms with Crippen molar-refractivity contribution in [2.24, 2.45) is 0 Å². The van der Waals surface area contributed by atoms with E-state index in [4.69, 9.17) is 24.4 Å². The van der Waals surface area contributed by atoms with Crippen LogP contribution in [0.1, 0.15) is 5.56 Å². The van der Waals surface area contributed by atoms with Crippen molar-refractivity contribution in [3.05, 3.63) is 28.2 Å². The van der Waals surface area contributed by atoms with Gasteiger partial charge in [-0.3, -0.25) is 0 Å². The second-order valence-corrected chi connectivity index (χ2v) is 4.35. The Labute approximate surface area is 126 Å². The monoisotopic (exact) mass is 326 g/mol. The molecule has 0 unspecified atom stereocenters. The number of aryl methyl sites for hydroxylation is 1.